The van der Waals surface area contributed by atoms with Crippen LogP contribution in [0.2, 0.25) is 0 Å². The van der Waals surface area contributed by atoms with Gasteiger partial charge in [-0.05, 0) is 59.4 Å². The Morgan fingerprint density at radius 1 is 1.30 bits per heavy atom. The highest BCUT2D eigenvalue weighted by Gasteiger charge is 2.33. The van der Waals surface area contributed by atoms with E-state index in [1.165, 1.54) is 6.42 Å². The van der Waals surface area contributed by atoms with E-state index in [2.05, 4.69) is 26.1 Å². The number of likely N-dealkylation sites (tertiary alicyclic amines) is 1. The number of hydrogen-bond donors (Lipinski definition) is 1. The van der Waals surface area contributed by atoms with E-state index in [0.29, 0.717) is 0 Å². The van der Waals surface area contributed by atoms with Gasteiger partial charge in [0.1, 0.15) is 5.60 Å². The lowest BCUT2D eigenvalue weighted by Gasteiger charge is -2.40. The zero-order valence-corrected chi connectivity index (χ0v) is 14.1. The molecular weight excluding hydrogens is 252 g/mol. The zero-order chi connectivity index (χ0) is 15.4. The van der Waals surface area contributed by atoms with Gasteiger partial charge in [-0.25, -0.2) is 4.79 Å². The van der Waals surface area contributed by atoms with Crippen molar-refractivity contribution in [3.8, 4) is 0 Å². The molecule has 1 fully saturated rings. The van der Waals surface area contributed by atoms with Gasteiger partial charge in [0, 0.05) is 18.6 Å². The van der Waals surface area contributed by atoms with Crippen molar-refractivity contribution in [1.82, 2.24) is 10.2 Å². The minimum atomic E-state index is -0.409. The molecule has 0 saturated carbocycles. The van der Waals surface area contributed by atoms with Crippen molar-refractivity contribution in [1.29, 1.82) is 0 Å². The maximum Gasteiger partial charge on any atom is 0.410 e. The summed E-state index contributed by atoms with van der Waals surface area (Å²) in [5.74, 6) is 0.730. The van der Waals surface area contributed by atoms with Crippen LogP contribution in [0.25, 0.3) is 0 Å². The fourth-order valence-electron chi connectivity index (χ4n) is 2.35. The number of ether oxygens (including phenoxy) is 1. The largest absolute Gasteiger partial charge is 0.444 e. The van der Waals surface area contributed by atoms with Gasteiger partial charge in [-0.3, -0.25) is 0 Å². The van der Waals surface area contributed by atoms with E-state index in [-0.39, 0.29) is 11.6 Å². The van der Waals surface area contributed by atoms with Crippen molar-refractivity contribution in [2.75, 3.05) is 19.6 Å². The Balaban J connectivity index is 2.36. The smallest absolute Gasteiger partial charge is 0.410 e. The summed E-state index contributed by atoms with van der Waals surface area (Å²) in [6.45, 7) is 15.1. The summed E-state index contributed by atoms with van der Waals surface area (Å²) in [4.78, 5) is 13.8. The first-order valence-corrected chi connectivity index (χ1v) is 7.84. The summed E-state index contributed by atoms with van der Waals surface area (Å²) in [5, 5.41) is 3.66. The Bertz CT molecular complexity index is 313. The van der Waals surface area contributed by atoms with E-state index in [1.807, 2.05) is 25.7 Å². The number of carbonyl (C=O) groups is 1. The molecule has 1 aliphatic rings. The first-order chi connectivity index (χ1) is 9.11. The van der Waals surface area contributed by atoms with Gasteiger partial charge in [-0.15, -0.1) is 0 Å². The molecule has 0 radical (unpaired) electrons. The van der Waals surface area contributed by atoms with Gasteiger partial charge in [0.25, 0.3) is 0 Å². The quantitative estimate of drug-likeness (QED) is 0.860. The van der Waals surface area contributed by atoms with Crippen molar-refractivity contribution >= 4 is 6.09 Å². The van der Waals surface area contributed by atoms with Gasteiger partial charge in [-0.2, -0.15) is 0 Å². The topological polar surface area (TPSA) is 41.6 Å². The highest BCUT2D eigenvalue weighted by molar-refractivity contribution is 5.68. The first kappa shape index (κ1) is 17.3. The minimum absolute atomic E-state index is 0.160. The van der Waals surface area contributed by atoms with Crippen LogP contribution in [0.1, 0.15) is 60.8 Å². The van der Waals surface area contributed by atoms with E-state index in [4.69, 9.17) is 4.74 Å². The van der Waals surface area contributed by atoms with E-state index in [1.54, 1.807) is 0 Å². The highest BCUT2D eigenvalue weighted by atomic mass is 16.6. The number of piperidine rings is 1. The molecule has 1 heterocycles. The first-order valence-electron chi connectivity index (χ1n) is 7.84. The molecule has 0 bridgehead atoms. The zero-order valence-electron chi connectivity index (χ0n) is 14.1. The second-order valence-corrected chi connectivity index (χ2v) is 7.64. The van der Waals surface area contributed by atoms with E-state index in [9.17, 15) is 4.79 Å². The van der Waals surface area contributed by atoms with Crippen LogP contribution >= 0.6 is 0 Å². The van der Waals surface area contributed by atoms with Crippen LogP contribution in [0, 0.1) is 5.92 Å². The number of nitrogens with one attached hydrogen (secondary N) is 1. The fraction of sp³-hybridized carbons (Fsp3) is 0.938. The molecule has 0 aromatic heterocycles. The number of amides is 1. The second-order valence-electron chi connectivity index (χ2n) is 7.64. The summed E-state index contributed by atoms with van der Waals surface area (Å²) in [6.07, 6.45) is 3.00. The van der Waals surface area contributed by atoms with Gasteiger partial charge >= 0.3 is 6.09 Å². The van der Waals surface area contributed by atoms with Crippen LogP contribution in [0.5, 0.6) is 0 Å². The second kappa shape index (κ2) is 6.79. The van der Waals surface area contributed by atoms with Crippen LogP contribution < -0.4 is 5.32 Å². The maximum absolute atomic E-state index is 12.0. The Morgan fingerprint density at radius 3 is 2.30 bits per heavy atom. The monoisotopic (exact) mass is 284 g/mol. The lowest BCUT2D eigenvalue weighted by atomic mass is 9.89. The fourth-order valence-corrected chi connectivity index (χ4v) is 2.35. The van der Waals surface area contributed by atoms with E-state index in [0.717, 1.165) is 38.4 Å². The molecule has 1 amide bonds. The predicted molar refractivity (Wildman–Crippen MR) is 82.9 cm³/mol. The molecule has 0 spiro atoms. The molecule has 0 aromatic rings. The molecule has 1 saturated heterocycles. The van der Waals surface area contributed by atoms with Crippen LogP contribution in [-0.4, -0.2) is 41.8 Å². The molecule has 1 N–H and O–H groups in total. The Hall–Kier alpha value is -0.770. The van der Waals surface area contributed by atoms with E-state index >= 15 is 0 Å². The van der Waals surface area contributed by atoms with Gasteiger partial charge in [0.15, 0.2) is 0 Å². The maximum atomic E-state index is 12.0. The molecule has 0 atom stereocenters. The lowest BCUT2D eigenvalue weighted by molar-refractivity contribution is 0.0157. The standard InChI is InChI=1S/C16H32N2O2/c1-13(2)7-10-17-16(6)8-11-18(12-9-16)14(19)20-15(3,4)5/h13,17H,7-12H2,1-6H3. The Kier molecular flexibility index (Phi) is 5.87. The number of nitrogens with zero attached hydrogens (tertiary/aromatic N) is 1. The third-order valence-corrected chi connectivity index (χ3v) is 3.79. The van der Waals surface area contributed by atoms with Crippen LogP contribution in [0.3, 0.4) is 0 Å². The Morgan fingerprint density at radius 2 is 1.85 bits per heavy atom. The van der Waals surface area contributed by atoms with E-state index < -0.39 is 5.60 Å². The molecule has 0 aromatic carbocycles. The molecule has 20 heavy (non-hydrogen) atoms. The molecule has 1 rings (SSSR count). The number of hydrogen-bond acceptors (Lipinski definition) is 3. The van der Waals surface area contributed by atoms with Crippen molar-refractivity contribution < 1.29 is 9.53 Å². The van der Waals surface area contributed by atoms with Crippen molar-refractivity contribution in [2.45, 2.75) is 71.9 Å². The normalized spacial score (nSPS) is 19.2. The van der Waals surface area contributed by atoms with Crippen LogP contribution in [0.4, 0.5) is 4.79 Å². The molecule has 4 heteroatoms. The highest BCUT2D eigenvalue weighted by Crippen LogP contribution is 2.23. The predicted octanol–water partition coefficient (Wildman–Crippen LogP) is 3.41. The molecular formula is C16H32N2O2. The lowest BCUT2D eigenvalue weighted by Crippen LogP contribution is -2.53. The molecule has 1 aliphatic heterocycles. The number of carbonyl (C=O) groups excluding carboxylic acids is 1. The van der Waals surface area contributed by atoms with Crippen molar-refractivity contribution in [3.05, 3.63) is 0 Å². The summed E-state index contributed by atoms with van der Waals surface area (Å²) < 4.78 is 5.42. The molecule has 118 valence electrons. The average molecular weight is 284 g/mol. The Labute approximate surface area is 124 Å². The van der Waals surface area contributed by atoms with Gasteiger partial charge in [0.05, 0.1) is 0 Å². The molecule has 0 unspecified atom stereocenters. The minimum Gasteiger partial charge on any atom is -0.444 e. The average Bonchev–Trinajstić information content (AvgIpc) is 2.26. The van der Waals surface area contributed by atoms with Crippen molar-refractivity contribution in [3.63, 3.8) is 0 Å². The third-order valence-electron chi connectivity index (χ3n) is 3.79. The summed E-state index contributed by atoms with van der Waals surface area (Å²) in [6, 6.07) is 0. The van der Waals surface area contributed by atoms with Crippen molar-refractivity contribution in [2.24, 2.45) is 5.92 Å². The SMILES string of the molecule is CC(C)CCNC1(C)CCN(C(=O)OC(C)(C)C)CC1. The number of rotatable bonds is 4. The molecule has 0 aliphatic carbocycles. The van der Waals surface area contributed by atoms with Crippen LogP contribution in [-0.2, 0) is 4.74 Å². The van der Waals surface area contributed by atoms with Crippen LogP contribution in [0.15, 0.2) is 0 Å². The third kappa shape index (κ3) is 6.12. The molecule has 4 nitrogen and oxygen atoms in total. The van der Waals surface area contributed by atoms with Gasteiger partial charge in [0.2, 0.25) is 0 Å². The summed E-state index contributed by atoms with van der Waals surface area (Å²) in [7, 11) is 0. The summed E-state index contributed by atoms with van der Waals surface area (Å²) >= 11 is 0. The van der Waals surface area contributed by atoms with Gasteiger partial charge in [-0.1, -0.05) is 13.8 Å². The van der Waals surface area contributed by atoms with Gasteiger partial charge < -0.3 is 15.0 Å². The summed E-state index contributed by atoms with van der Waals surface area (Å²) in [5.41, 5.74) is -0.249.